The standard InChI is InChI=1S/C13H20N2O2.ClH/c1-3-17-12-7-5-4-6-11(12)15-13(16)9-8-10(2)14;/h4-7,10H,3,8-9,14H2,1-2H3,(H,15,16);1H. The number of benzene rings is 1. The van der Waals surface area contributed by atoms with Gasteiger partial charge in [-0.25, -0.2) is 0 Å². The molecule has 1 aromatic carbocycles. The number of anilines is 1. The Labute approximate surface area is 114 Å². The second-order valence-corrected chi connectivity index (χ2v) is 3.99. The summed E-state index contributed by atoms with van der Waals surface area (Å²) in [4.78, 5) is 11.7. The van der Waals surface area contributed by atoms with E-state index in [1.54, 1.807) is 0 Å². The fourth-order valence-electron chi connectivity index (χ4n) is 1.42. The summed E-state index contributed by atoms with van der Waals surface area (Å²) in [7, 11) is 0. The monoisotopic (exact) mass is 272 g/mol. The third kappa shape index (κ3) is 5.89. The zero-order valence-electron chi connectivity index (χ0n) is 10.8. The highest BCUT2D eigenvalue weighted by Crippen LogP contribution is 2.23. The Hall–Kier alpha value is -1.26. The maximum atomic E-state index is 11.7. The largest absolute Gasteiger partial charge is 0.492 e. The number of nitrogens with one attached hydrogen (secondary N) is 1. The highest BCUT2D eigenvalue weighted by molar-refractivity contribution is 5.92. The van der Waals surface area contributed by atoms with Gasteiger partial charge in [-0.1, -0.05) is 12.1 Å². The Balaban J connectivity index is 0.00000289. The molecule has 1 aromatic rings. The zero-order chi connectivity index (χ0) is 12.7. The van der Waals surface area contributed by atoms with Crippen LogP contribution in [0.25, 0.3) is 0 Å². The quantitative estimate of drug-likeness (QED) is 0.837. The molecular formula is C13H21ClN2O2. The number of nitrogens with two attached hydrogens (primary N) is 1. The van der Waals surface area contributed by atoms with Gasteiger partial charge in [0, 0.05) is 12.5 Å². The minimum absolute atomic E-state index is 0. The van der Waals surface area contributed by atoms with Gasteiger partial charge >= 0.3 is 0 Å². The van der Waals surface area contributed by atoms with Crippen molar-refractivity contribution in [3.63, 3.8) is 0 Å². The van der Waals surface area contributed by atoms with Crippen molar-refractivity contribution in [1.29, 1.82) is 0 Å². The van der Waals surface area contributed by atoms with E-state index in [4.69, 9.17) is 10.5 Å². The molecule has 102 valence electrons. The van der Waals surface area contributed by atoms with Crippen molar-refractivity contribution in [3.8, 4) is 5.75 Å². The summed E-state index contributed by atoms with van der Waals surface area (Å²) in [5.74, 6) is 0.665. The van der Waals surface area contributed by atoms with Crippen LogP contribution in [0.3, 0.4) is 0 Å². The molecule has 0 aromatic heterocycles. The zero-order valence-corrected chi connectivity index (χ0v) is 11.6. The summed E-state index contributed by atoms with van der Waals surface area (Å²) >= 11 is 0. The Morgan fingerprint density at radius 1 is 1.44 bits per heavy atom. The maximum absolute atomic E-state index is 11.7. The molecule has 4 nitrogen and oxygen atoms in total. The van der Waals surface area contributed by atoms with Gasteiger partial charge in [0.05, 0.1) is 12.3 Å². The van der Waals surface area contributed by atoms with Crippen molar-refractivity contribution < 1.29 is 9.53 Å². The van der Waals surface area contributed by atoms with Crippen LogP contribution < -0.4 is 15.8 Å². The lowest BCUT2D eigenvalue weighted by Gasteiger charge is -2.11. The first kappa shape index (κ1) is 16.7. The summed E-state index contributed by atoms with van der Waals surface area (Å²) in [5.41, 5.74) is 6.32. The Kier molecular flexibility index (Phi) is 8.16. The summed E-state index contributed by atoms with van der Waals surface area (Å²) in [6.45, 7) is 4.38. The number of ether oxygens (including phenoxy) is 1. The number of carbonyl (C=O) groups excluding carboxylic acids is 1. The van der Waals surface area contributed by atoms with Crippen LogP contribution in [-0.4, -0.2) is 18.6 Å². The molecule has 0 saturated heterocycles. The first-order chi connectivity index (χ1) is 8.13. The van der Waals surface area contributed by atoms with Gasteiger partial charge in [0.2, 0.25) is 5.91 Å². The molecule has 1 rings (SSSR count). The highest BCUT2D eigenvalue weighted by atomic mass is 35.5. The molecule has 5 heteroatoms. The predicted molar refractivity (Wildman–Crippen MR) is 76.4 cm³/mol. The summed E-state index contributed by atoms with van der Waals surface area (Å²) in [6.07, 6.45) is 1.11. The molecule has 0 fully saturated rings. The molecule has 18 heavy (non-hydrogen) atoms. The summed E-state index contributed by atoms with van der Waals surface area (Å²) < 4.78 is 5.42. The van der Waals surface area contributed by atoms with Crippen LogP contribution in [0.4, 0.5) is 5.69 Å². The number of rotatable bonds is 6. The summed E-state index contributed by atoms with van der Waals surface area (Å²) in [6, 6.07) is 7.45. The number of halogens is 1. The van der Waals surface area contributed by atoms with Gasteiger partial charge in [-0.05, 0) is 32.4 Å². The second-order valence-electron chi connectivity index (χ2n) is 3.99. The smallest absolute Gasteiger partial charge is 0.224 e. The molecule has 0 aliphatic rings. The van der Waals surface area contributed by atoms with Gasteiger partial charge in [-0.2, -0.15) is 0 Å². The molecule has 3 N–H and O–H groups in total. The molecule has 0 spiro atoms. The van der Waals surface area contributed by atoms with E-state index in [1.165, 1.54) is 0 Å². The minimum atomic E-state index is -0.0329. The van der Waals surface area contributed by atoms with Gasteiger partial charge in [-0.3, -0.25) is 4.79 Å². The van der Waals surface area contributed by atoms with E-state index in [9.17, 15) is 4.79 Å². The van der Waals surface area contributed by atoms with Gasteiger partial charge in [-0.15, -0.1) is 12.4 Å². The van der Waals surface area contributed by atoms with Crippen LogP contribution >= 0.6 is 12.4 Å². The van der Waals surface area contributed by atoms with Crippen LogP contribution in [0, 0.1) is 0 Å². The normalized spacial score (nSPS) is 11.3. The average Bonchev–Trinajstić information content (AvgIpc) is 2.29. The van der Waals surface area contributed by atoms with Crippen molar-refractivity contribution in [2.75, 3.05) is 11.9 Å². The number of hydrogen-bond acceptors (Lipinski definition) is 3. The number of amides is 1. The molecule has 1 atom stereocenters. The molecule has 0 aliphatic heterocycles. The fourth-order valence-corrected chi connectivity index (χ4v) is 1.42. The molecule has 0 radical (unpaired) electrons. The van der Waals surface area contributed by atoms with E-state index >= 15 is 0 Å². The number of para-hydroxylation sites is 2. The van der Waals surface area contributed by atoms with Crippen LogP contribution in [0.5, 0.6) is 5.75 Å². The Morgan fingerprint density at radius 3 is 2.72 bits per heavy atom. The van der Waals surface area contributed by atoms with Gasteiger partial charge in [0.15, 0.2) is 0 Å². The number of carbonyl (C=O) groups is 1. The Morgan fingerprint density at radius 2 is 2.11 bits per heavy atom. The van der Waals surface area contributed by atoms with Gasteiger partial charge < -0.3 is 15.8 Å². The molecule has 0 aliphatic carbocycles. The molecule has 0 bridgehead atoms. The molecule has 0 saturated carbocycles. The van der Waals surface area contributed by atoms with Gasteiger partial charge in [0.25, 0.3) is 0 Å². The minimum Gasteiger partial charge on any atom is -0.492 e. The topological polar surface area (TPSA) is 64.3 Å². The number of hydrogen-bond donors (Lipinski definition) is 2. The SMILES string of the molecule is CCOc1ccccc1NC(=O)CCC(C)N.Cl. The lowest BCUT2D eigenvalue weighted by molar-refractivity contribution is -0.116. The first-order valence-electron chi connectivity index (χ1n) is 5.90. The predicted octanol–water partition coefficient (Wildman–Crippen LogP) is 2.57. The fraction of sp³-hybridized carbons (Fsp3) is 0.462. The third-order valence-corrected chi connectivity index (χ3v) is 2.29. The van der Waals surface area contributed by atoms with E-state index in [2.05, 4.69) is 5.32 Å². The summed E-state index contributed by atoms with van der Waals surface area (Å²) in [5, 5.41) is 2.83. The van der Waals surface area contributed by atoms with E-state index in [-0.39, 0.29) is 24.4 Å². The lowest BCUT2D eigenvalue weighted by atomic mass is 10.2. The van der Waals surface area contributed by atoms with Gasteiger partial charge in [0.1, 0.15) is 5.75 Å². The molecule has 1 amide bonds. The highest BCUT2D eigenvalue weighted by Gasteiger charge is 2.07. The van der Waals surface area contributed by atoms with E-state index in [0.29, 0.717) is 30.9 Å². The van der Waals surface area contributed by atoms with Crippen LogP contribution in [0.15, 0.2) is 24.3 Å². The van der Waals surface area contributed by atoms with Crippen molar-refractivity contribution in [2.45, 2.75) is 32.7 Å². The molecular weight excluding hydrogens is 252 g/mol. The van der Waals surface area contributed by atoms with Crippen molar-refractivity contribution in [2.24, 2.45) is 5.73 Å². The van der Waals surface area contributed by atoms with Crippen LogP contribution in [-0.2, 0) is 4.79 Å². The van der Waals surface area contributed by atoms with E-state index < -0.39 is 0 Å². The van der Waals surface area contributed by atoms with Crippen LogP contribution in [0.1, 0.15) is 26.7 Å². The molecule has 1 unspecified atom stereocenters. The maximum Gasteiger partial charge on any atom is 0.224 e. The molecule has 0 heterocycles. The second kappa shape index (κ2) is 8.78. The third-order valence-electron chi connectivity index (χ3n) is 2.29. The lowest BCUT2D eigenvalue weighted by Crippen LogP contribution is -2.19. The van der Waals surface area contributed by atoms with Crippen molar-refractivity contribution in [1.82, 2.24) is 0 Å². The van der Waals surface area contributed by atoms with Crippen LogP contribution in [0.2, 0.25) is 0 Å². The van der Waals surface area contributed by atoms with E-state index in [0.717, 1.165) is 0 Å². The van der Waals surface area contributed by atoms with Crippen molar-refractivity contribution >= 4 is 24.0 Å². The first-order valence-corrected chi connectivity index (χ1v) is 5.90. The van der Waals surface area contributed by atoms with E-state index in [1.807, 2.05) is 38.1 Å². The van der Waals surface area contributed by atoms with Crippen molar-refractivity contribution in [3.05, 3.63) is 24.3 Å². The Bertz CT molecular complexity index is 370. The average molecular weight is 273 g/mol.